The zero-order valence-corrected chi connectivity index (χ0v) is 57.2. The fraction of sp³-hybridized carbons (Fsp3) is 0.787. The van der Waals surface area contributed by atoms with E-state index in [1.54, 1.807) is 0 Å². The molecule has 0 aromatic heterocycles. The minimum absolute atomic E-state index is 0.0445. The van der Waals surface area contributed by atoms with Gasteiger partial charge in [0.2, 0.25) is 0 Å². The number of likely N-dealkylation sites (N-methyl/N-ethyl adjacent to an activating group) is 1. The molecule has 0 bridgehead atoms. The molecular formula is C75H136NO8P. The van der Waals surface area contributed by atoms with Gasteiger partial charge in [0.1, 0.15) is 19.8 Å². The van der Waals surface area contributed by atoms with Crippen molar-refractivity contribution in [2.45, 2.75) is 335 Å². The summed E-state index contributed by atoms with van der Waals surface area (Å²) >= 11 is 0. The van der Waals surface area contributed by atoms with Crippen molar-refractivity contribution in [3.05, 3.63) is 85.1 Å². The smallest absolute Gasteiger partial charge is 0.306 e. The van der Waals surface area contributed by atoms with Crippen LogP contribution in [0.4, 0.5) is 0 Å². The highest BCUT2D eigenvalue weighted by atomic mass is 31.2. The fourth-order valence-corrected chi connectivity index (χ4v) is 11.0. The van der Waals surface area contributed by atoms with Crippen molar-refractivity contribution in [3.8, 4) is 0 Å². The summed E-state index contributed by atoms with van der Waals surface area (Å²) in [5.74, 6) is -0.896. The lowest BCUT2D eigenvalue weighted by molar-refractivity contribution is -0.870. The minimum atomic E-state index is -4.66. The standard InChI is InChI=1S/C75H136NO8P/c1-6-8-10-12-14-16-18-20-22-24-26-28-30-31-32-33-34-35-36-37-38-39-40-41-42-43-44-46-47-49-51-53-55-57-59-61-63-65-67-74(77)81-71-73(72-83-85(79,80)82-70-69-76(3,4)5)84-75(78)68-66-64-62-60-58-56-54-52-50-48-45-29-27-25-23-21-19-17-15-13-11-9-7-2/h9,11,15,17,21,23,27,29,48,50,54,56,60,62,73H,6-8,10,12-14,16,18-20,22,24-26,28,30-47,49,51-53,55,57-59,61,63-72H2,1-5H3/b11-9-,17-15-,23-21-,29-27-,50-48-,56-54-,62-60-. The quantitative estimate of drug-likeness (QED) is 0.0195. The number of carbonyl (C=O) groups excluding carboxylic acids is 2. The van der Waals surface area contributed by atoms with E-state index in [0.29, 0.717) is 23.9 Å². The Hall–Kier alpha value is -2.81. The van der Waals surface area contributed by atoms with Gasteiger partial charge in [0.15, 0.2) is 6.10 Å². The van der Waals surface area contributed by atoms with E-state index in [1.807, 2.05) is 27.2 Å². The van der Waals surface area contributed by atoms with Crippen LogP contribution >= 0.6 is 7.82 Å². The zero-order chi connectivity index (χ0) is 61.9. The van der Waals surface area contributed by atoms with Gasteiger partial charge in [-0.25, -0.2) is 0 Å². The van der Waals surface area contributed by atoms with Gasteiger partial charge in [0.25, 0.3) is 7.82 Å². The molecule has 0 aliphatic heterocycles. The number of phosphoric acid groups is 1. The van der Waals surface area contributed by atoms with Crippen LogP contribution in [0.25, 0.3) is 0 Å². The van der Waals surface area contributed by atoms with Crippen LogP contribution in [0.15, 0.2) is 85.1 Å². The Labute approximate surface area is 526 Å². The van der Waals surface area contributed by atoms with Crippen molar-refractivity contribution in [2.75, 3.05) is 47.5 Å². The lowest BCUT2D eigenvalue weighted by atomic mass is 10.0. The van der Waals surface area contributed by atoms with Gasteiger partial charge in [0.05, 0.1) is 27.7 Å². The molecule has 494 valence electrons. The maximum atomic E-state index is 12.8. The van der Waals surface area contributed by atoms with E-state index in [-0.39, 0.29) is 26.1 Å². The summed E-state index contributed by atoms with van der Waals surface area (Å²) in [7, 11) is 1.13. The first-order chi connectivity index (χ1) is 41.5. The number of allylic oxidation sites excluding steroid dienone is 14. The molecule has 0 spiro atoms. The van der Waals surface area contributed by atoms with Crippen molar-refractivity contribution >= 4 is 19.8 Å². The molecule has 2 atom stereocenters. The number of nitrogens with zero attached hydrogens (tertiary/aromatic N) is 1. The van der Waals surface area contributed by atoms with Crippen molar-refractivity contribution in [3.63, 3.8) is 0 Å². The summed E-state index contributed by atoms with van der Waals surface area (Å²) in [6.45, 7) is 4.09. The molecule has 0 aromatic carbocycles. The second-order valence-corrected chi connectivity index (χ2v) is 26.6. The molecule has 0 fully saturated rings. The fourth-order valence-electron chi connectivity index (χ4n) is 10.2. The van der Waals surface area contributed by atoms with Gasteiger partial charge < -0.3 is 27.9 Å². The van der Waals surface area contributed by atoms with Crippen LogP contribution in [-0.2, 0) is 32.7 Å². The number of hydrogen-bond donors (Lipinski definition) is 0. The summed E-state index contributed by atoms with van der Waals surface area (Å²) in [6, 6.07) is 0. The normalized spacial score (nSPS) is 13.6. The van der Waals surface area contributed by atoms with Crippen LogP contribution in [-0.4, -0.2) is 70.0 Å². The van der Waals surface area contributed by atoms with Gasteiger partial charge in [-0.1, -0.05) is 336 Å². The summed E-state index contributed by atoms with van der Waals surface area (Å²) in [6.07, 6.45) is 90.0. The molecule has 0 aliphatic rings. The van der Waals surface area contributed by atoms with Crippen molar-refractivity contribution in [2.24, 2.45) is 0 Å². The SMILES string of the molecule is CC/C=C\C/C=C\C/C=C\C/C=C\C/C=C\C/C=C\C/C=C\CCCC(=O)OC(COC(=O)CCCCCCCCCCCCCCCCCCCCCCCCCCCCCCCCCCCCCCCC)COP(=O)([O-])OCC[N+](C)(C)C. The molecule has 85 heavy (non-hydrogen) atoms. The summed E-state index contributed by atoms with van der Waals surface area (Å²) in [4.78, 5) is 38.0. The van der Waals surface area contributed by atoms with E-state index in [1.165, 1.54) is 225 Å². The first-order valence-electron chi connectivity index (χ1n) is 35.8. The lowest BCUT2D eigenvalue weighted by Gasteiger charge is -2.28. The third-order valence-corrected chi connectivity index (χ3v) is 16.6. The molecule has 0 saturated carbocycles. The first kappa shape index (κ1) is 82.2. The predicted molar refractivity (Wildman–Crippen MR) is 365 cm³/mol. The van der Waals surface area contributed by atoms with E-state index in [2.05, 4.69) is 92.8 Å². The highest BCUT2D eigenvalue weighted by Crippen LogP contribution is 2.38. The third kappa shape index (κ3) is 70.2. The number of esters is 2. The number of rotatable bonds is 66. The van der Waals surface area contributed by atoms with Gasteiger partial charge in [-0.05, 0) is 64.2 Å². The molecule has 0 radical (unpaired) electrons. The van der Waals surface area contributed by atoms with E-state index in [9.17, 15) is 19.0 Å². The van der Waals surface area contributed by atoms with Crippen LogP contribution in [0.2, 0.25) is 0 Å². The Kier molecular flexibility index (Phi) is 63.5. The summed E-state index contributed by atoms with van der Waals surface area (Å²) in [5.41, 5.74) is 0. The Morgan fingerprint density at radius 2 is 0.671 bits per heavy atom. The van der Waals surface area contributed by atoms with Crippen molar-refractivity contribution < 1.29 is 42.1 Å². The average Bonchev–Trinajstić information content (AvgIpc) is 3.50. The Bertz CT molecular complexity index is 1710. The highest BCUT2D eigenvalue weighted by Gasteiger charge is 2.22. The number of hydrogen-bond acceptors (Lipinski definition) is 8. The number of quaternary nitrogens is 1. The van der Waals surface area contributed by atoms with Gasteiger partial charge in [-0.2, -0.15) is 0 Å². The largest absolute Gasteiger partial charge is 0.756 e. The van der Waals surface area contributed by atoms with Crippen LogP contribution in [0, 0.1) is 0 Å². The minimum Gasteiger partial charge on any atom is -0.756 e. The van der Waals surface area contributed by atoms with Crippen LogP contribution in [0.3, 0.4) is 0 Å². The second-order valence-electron chi connectivity index (χ2n) is 25.2. The van der Waals surface area contributed by atoms with Crippen LogP contribution in [0.5, 0.6) is 0 Å². The average molecular weight is 1210 g/mol. The van der Waals surface area contributed by atoms with Crippen molar-refractivity contribution in [1.29, 1.82) is 0 Å². The number of carbonyl (C=O) groups is 2. The third-order valence-electron chi connectivity index (χ3n) is 15.7. The Morgan fingerprint density at radius 1 is 0.376 bits per heavy atom. The van der Waals surface area contributed by atoms with E-state index in [0.717, 1.165) is 64.2 Å². The monoisotopic (exact) mass is 1210 g/mol. The molecule has 0 aromatic rings. The van der Waals surface area contributed by atoms with Crippen LogP contribution in [0.1, 0.15) is 328 Å². The summed E-state index contributed by atoms with van der Waals surface area (Å²) in [5, 5.41) is 0. The zero-order valence-electron chi connectivity index (χ0n) is 56.3. The molecule has 0 heterocycles. The number of unbranched alkanes of at least 4 members (excludes halogenated alkanes) is 38. The molecule has 0 amide bonds. The molecule has 0 N–H and O–H groups in total. The molecule has 9 nitrogen and oxygen atoms in total. The highest BCUT2D eigenvalue weighted by molar-refractivity contribution is 7.45. The van der Waals surface area contributed by atoms with Gasteiger partial charge in [-0.15, -0.1) is 0 Å². The molecule has 0 rings (SSSR count). The van der Waals surface area contributed by atoms with Gasteiger partial charge in [0, 0.05) is 12.8 Å². The van der Waals surface area contributed by atoms with Gasteiger partial charge in [-0.3, -0.25) is 14.2 Å². The molecular weight excluding hydrogens is 1070 g/mol. The summed E-state index contributed by atoms with van der Waals surface area (Å²) < 4.78 is 34.2. The van der Waals surface area contributed by atoms with Gasteiger partial charge >= 0.3 is 11.9 Å². The molecule has 2 unspecified atom stereocenters. The Morgan fingerprint density at radius 3 is 0.988 bits per heavy atom. The topological polar surface area (TPSA) is 111 Å². The maximum Gasteiger partial charge on any atom is 0.306 e. The Balaban J connectivity index is 3.99. The molecule has 0 saturated heterocycles. The molecule has 0 aliphatic carbocycles. The van der Waals surface area contributed by atoms with Crippen molar-refractivity contribution in [1.82, 2.24) is 0 Å². The predicted octanol–water partition coefficient (Wildman–Crippen LogP) is 22.7. The second kappa shape index (κ2) is 65.6. The maximum absolute atomic E-state index is 12.8. The van der Waals surface area contributed by atoms with E-state index >= 15 is 0 Å². The van der Waals surface area contributed by atoms with Crippen LogP contribution < -0.4 is 4.89 Å². The number of phosphoric ester groups is 1. The van der Waals surface area contributed by atoms with E-state index < -0.39 is 32.5 Å². The lowest BCUT2D eigenvalue weighted by Crippen LogP contribution is -2.37. The number of ether oxygens (including phenoxy) is 2. The molecule has 10 heteroatoms. The first-order valence-corrected chi connectivity index (χ1v) is 37.3. The van der Waals surface area contributed by atoms with E-state index in [4.69, 9.17) is 18.5 Å².